The van der Waals surface area contributed by atoms with Gasteiger partial charge in [-0.1, -0.05) is 0 Å². The third-order valence-corrected chi connectivity index (χ3v) is 4.18. The largest absolute Gasteiger partial charge is 1.00 e. The molecular weight excluding hydrogens is 419 g/mol. The van der Waals surface area contributed by atoms with Gasteiger partial charge in [0.1, 0.15) is 24.1 Å². The Balaban J connectivity index is 0.00000196. The molecule has 0 spiro atoms. The normalized spacial score (nSPS) is 24.4. The number of hydrogen-bond acceptors (Lipinski definition) is 12. The number of esters is 1. The molecule has 1 saturated heterocycles. The van der Waals surface area contributed by atoms with Gasteiger partial charge < -0.3 is 39.2 Å². The molecule has 0 amide bonds. The number of hydrogen-bond donors (Lipinski definition) is 2. The zero-order valence-corrected chi connectivity index (χ0v) is 20.2. The summed E-state index contributed by atoms with van der Waals surface area (Å²) in [5, 5.41) is 9.47. The smallest absolute Gasteiger partial charge is 0.790 e. The van der Waals surface area contributed by atoms with E-state index in [0.29, 0.717) is 0 Å². The van der Waals surface area contributed by atoms with Crippen molar-refractivity contribution < 1.29 is 97.4 Å². The van der Waals surface area contributed by atoms with Gasteiger partial charge in [0, 0.05) is 6.92 Å². The number of carbonyl (C=O) groups is 1. The average Bonchev–Trinajstić information content (AvgIpc) is 3.09. The minimum atomic E-state index is -5.49. The number of nitrogens with two attached hydrogens (primary N) is 1. The summed E-state index contributed by atoms with van der Waals surface area (Å²) >= 11 is 0. The summed E-state index contributed by atoms with van der Waals surface area (Å²) in [5.41, 5.74) is 6.07. The van der Waals surface area contributed by atoms with Crippen LogP contribution >= 0.6 is 7.82 Å². The molecule has 28 heavy (non-hydrogen) atoms. The van der Waals surface area contributed by atoms with E-state index in [1.165, 1.54) is 10.9 Å². The van der Waals surface area contributed by atoms with Crippen molar-refractivity contribution in [2.45, 2.75) is 31.5 Å². The van der Waals surface area contributed by atoms with Gasteiger partial charge in [-0.25, -0.2) is 15.0 Å². The van der Waals surface area contributed by atoms with E-state index >= 15 is 0 Å². The first kappa shape index (κ1) is 25.9. The number of rotatable bonds is 5. The van der Waals surface area contributed by atoms with E-state index in [9.17, 15) is 24.3 Å². The Morgan fingerprint density at radius 1 is 1.36 bits per heavy atom. The van der Waals surface area contributed by atoms with Crippen LogP contribution in [0.1, 0.15) is 13.2 Å². The van der Waals surface area contributed by atoms with Crippen LogP contribution in [0, 0.1) is 0 Å². The van der Waals surface area contributed by atoms with E-state index in [4.69, 9.17) is 15.2 Å². The predicted molar refractivity (Wildman–Crippen MR) is 78.8 cm³/mol. The Kier molecular flexibility index (Phi) is 9.47. The Morgan fingerprint density at radius 3 is 2.61 bits per heavy atom. The first-order valence-electron chi connectivity index (χ1n) is 7.28. The third-order valence-electron chi connectivity index (χ3n) is 3.68. The number of phosphoric acid groups is 1. The molecule has 1 aliphatic heterocycles. The first-order chi connectivity index (χ1) is 12.2. The van der Waals surface area contributed by atoms with E-state index in [1.807, 2.05) is 0 Å². The van der Waals surface area contributed by atoms with Crippen molar-refractivity contribution in [3.8, 4) is 0 Å². The second-order valence-corrected chi connectivity index (χ2v) is 6.53. The van der Waals surface area contributed by atoms with Gasteiger partial charge in [-0.3, -0.25) is 9.36 Å². The maximum Gasteiger partial charge on any atom is 1.00 e. The summed E-state index contributed by atoms with van der Waals surface area (Å²) in [6, 6.07) is 0. The van der Waals surface area contributed by atoms with Crippen molar-refractivity contribution in [2.75, 3.05) is 12.3 Å². The van der Waals surface area contributed by atoms with Gasteiger partial charge in [-0.15, -0.1) is 0 Å². The number of aliphatic hydroxyl groups is 1. The van der Waals surface area contributed by atoms with Crippen LogP contribution in [0.25, 0.3) is 11.2 Å². The van der Waals surface area contributed by atoms with Crippen LogP contribution in [0.4, 0.5) is 5.82 Å². The molecule has 0 radical (unpaired) electrons. The van der Waals surface area contributed by atoms with Crippen LogP contribution in [-0.4, -0.2) is 55.5 Å². The molecule has 3 N–H and O–H groups in total. The molecule has 16 heteroatoms. The van der Waals surface area contributed by atoms with E-state index in [2.05, 4.69) is 19.5 Å². The Morgan fingerprint density at radius 2 is 2.04 bits per heavy atom. The number of carbonyl (C=O) groups excluding carboxylic acids is 1. The topological polar surface area (TPSA) is 198 Å². The van der Waals surface area contributed by atoms with Crippen molar-refractivity contribution in [1.82, 2.24) is 19.5 Å². The van der Waals surface area contributed by atoms with Crippen LogP contribution in [0.2, 0.25) is 0 Å². The minimum Gasteiger partial charge on any atom is -0.790 e. The van der Waals surface area contributed by atoms with Crippen molar-refractivity contribution in [1.29, 1.82) is 0 Å². The van der Waals surface area contributed by atoms with E-state index in [1.54, 1.807) is 0 Å². The fourth-order valence-electron chi connectivity index (χ4n) is 2.73. The van der Waals surface area contributed by atoms with Crippen LogP contribution in [0.3, 0.4) is 0 Å². The number of ether oxygens (including phenoxy) is 2. The summed E-state index contributed by atoms with van der Waals surface area (Å²) in [6.07, 6.45) is -2.97. The number of anilines is 1. The van der Waals surface area contributed by atoms with Crippen LogP contribution in [0.15, 0.2) is 12.7 Å². The van der Waals surface area contributed by atoms with Crippen molar-refractivity contribution >= 4 is 30.8 Å². The summed E-state index contributed by atoms with van der Waals surface area (Å²) < 4.78 is 27.5. The van der Waals surface area contributed by atoms with Crippen LogP contribution in [0.5, 0.6) is 0 Å². The van der Waals surface area contributed by atoms with Crippen molar-refractivity contribution in [2.24, 2.45) is 0 Å². The Labute approximate surface area is 202 Å². The maximum atomic E-state index is 11.3. The molecule has 3 rings (SSSR count). The predicted octanol–water partition coefficient (Wildman–Crippen LogP) is -8.55. The number of aromatic nitrogens is 4. The molecule has 0 saturated carbocycles. The molecule has 142 valence electrons. The molecule has 0 aliphatic carbocycles. The fraction of sp³-hybridized carbons (Fsp3) is 0.500. The SMILES string of the molecule is CC(=O)O[C@H]1[C@@H](OP(=O)([O-])[O-])[C@H](n2cnc3c(N)ncnc32)O[C@@H]1CO.[Na+].[Na+]. The van der Waals surface area contributed by atoms with E-state index in [0.717, 1.165) is 13.3 Å². The minimum absolute atomic E-state index is 0. The molecule has 4 atom stereocenters. The van der Waals surface area contributed by atoms with Gasteiger partial charge in [0.2, 0.25) is 0 Å². The molecule has 0 unspecified atom stereocenters. The molecular formula is C12H14N5Na2O8P. The van der Waals surface area contributed by atoms with Gasteiger partial charge in [0.15, 0.2) is 23.8 Å². The zero-order chi connectivity index (χ0) is 19.1. The number of nitrogen functional groups attached to an aromatic ring is 1. The van der Waals surface area contributed by atoms with Gasteiger partial charge in [-0.05, 0) is 0 Å². The zero-order valence-electron chi connectivity index (χ0n) is 15.3. The summed E-state index contributed by atoms with van der Waals surface area (Å²) in [4.78, 5) is 45.4. The van der Waals surface area contributed by atoms with E-state index in [-0.39, 0.29) is 76.1 Å². The Bertz CT molecular complexity index is 879. The number of nitrogens with zero attached hydrogens (tertiary/aromatic N) is 4. The van der Waals surface area contributed by atoms with E-state index < -0.39 is 44.9 Å². The second-order valence-electron chi connectivity index (χ2n) is 5.42. The molecule has 0 aromatic carbocycles. The monoisotopic (exact) mass is 433 g/mol. The molecule has 1 fully saturated rings. The average molecular weight is 433 g/mol. The summed E-state index contributed by atoms with van der Waals surface area (Å²) in [5.74, 6) is -0.710. The van der Waals surface area contributed by atoms with Crippen molar-refractivity contribution in [3.05, 3.63) is 12.7 Å². The maximum absolute atomic E-state index is 11.3. The quantitative estimate of drug-likeness (QED) is 0.257. The Hall–Kier alpha value is -0.150. The molecule has 3 heterocycles. The van der Waals surface area contributed by atoms with Crippen LogP contribution in [-0.2, 0) is 23.4 Å². The molecule has 1 aliphatic rings. The van der Waals surface area contributed by atoms with Gasteiger partial charge in [0.05, 0.1) is 20.8 Å². The molecule has 0 bridgehead atoms. The number of phosphoric ester groups is 1. The van der Waals surface area contributed by atoms with Crippen LogP contribution < -0.4 is 74.6 Å². The summed E-state index contributed by atoms with van der Waals surface area (Å²) in [7, 11) is -5.49. The van der Waals surface area contributed by atoms with Gasteiger partial charge >= 0.3 is 65.1 Å². The van der Waals surface area contributed by atoms with Gasteiger partial charge in [0.25, 0.3) is 0 Å². The second kappa shape index (κ2) is 10.2. The molecule has 2 aromatic rings. The van der Waals surface area contributed by atoms with Crippen molar-refractivity contribution in [3.63, 3.8) is 0 Å². The number of fused-ring (bicyclic) bond motifs is 1. The fourth-order valence-corrected chi connectivity index (χ4v) is 3.25. The molecule has 13 nitrogen and oxygen atoms in total. The van der Waals surface area contributed by atoms with Gasteiger partial charge in [-0.2, -0.15) is 0 Å². The number of aliphatic hydroxyl groups excluding tert-OH is 1. The molecule has 2 aromatic heterocycles. The first-order valence-corrected chi connectivity index (χ1v) is 8.74. The standard InChI is InChI=1S/C12H16N5O8P.2Na/c1-5(19)23-8-6(2-18)24-12(9(8)25-26(20,21)22)17-4-16-7-10(13)14-3-15-11(7)17;;/h3-4,6,8-9,12,18H,2H2,1H3,(H2,13,14,15)(H2,20,21,22);;/q;2*+1/p-2/t6-,8-,9-,12-;;/m1../s1. The third kappa shape index (κ3) is 5.50. The summed E-state index contributed by atoms with van der Waals surface area (Å²) in [6.45, 7) is 0.452. The number of imidazole rings is 1.